The van der Waals surface area contributed by atoms with E-state index < -0.39 is 11.6 Å². The predicted molar refractivity (Wildman–Crippen MR) is 61.5 cm³/mol. The Morgan fingerprint density at radius 3 is 2.65 bits per heavy atom. The fraction of sp³-hybridized carbons (Fsp3) is 0.462. The van der Waals surface area contributed by atoms with Crippen molar-refractivity contribution in [2.45, 2.75) is 12.8 Å². The molecule has 1 unspecified atom stereocenters. The number of halogens is 2. The van der Waals surface area contributed by atoms with E-state index in [9.17, 15) is 8.78 Å². The van der Waals surface area contributed by atoms with Crippen molar-refractivity contribution in [1.82, 2.24) is 4.90 Å². The van der Waals surface area contributed by atoms with Crippen molar-refractivity contribution in [2.75, 3.05) is 19.7 Å². The SMILES string of the molecule is [CH2-]N1CCCC(COc2cc(F)cc(F)c2)C1. The average molecular weight is 240 g/mol. The summed E-state index contributed by atoms with van der Waals surface area (Å²) in [5.74, 6) is -0.582. The lowest BCUT2D eigenvalue weighted by molar-refractivity contribution is 0.161. The molecule has 1 aliphatic rings. The second kappa shape index (κ2) is 5.45. The van der Waals surface area contributed by atoms with Crippen molar-refractivity contribution in [3.63, 3.8) is 0 Å². The summed E-state index contributed by atoms with van der Waals surface area (Å²) in [5, 5.41) is 0. The van der Waals surface area contributed by atoms with Crippen LogP contribution in [0.4, 0.5) is 8.78 Å². The van der Waals surface area contributed by atoms with Gasteiger partial charge in [0.1, 0.15) is 17.4 Å². The third kappa shape index (κ3) is 3.66. The molecule has 0 bridgehead atoms. The summed E-state index contributed by atoms with van der Waals surface area (Å²) in [4.78, 5) is 2.00. The third-order valence-corrected chi connectivity index (χ3v) is 2.92. The summed E-state index contributed by atoms with van der Waals surface area (Å²) in [6.45, 7) is 2.36. The Morgan fingerprint density at radius 2 is 2.00 bits per heavy atom. The van der Waals surface area contributed by atoms with Gasteiger partial charge in [0.05, 0.1) is 6.61 Å². The summed E-state index contributed by atoms with van der Waals surface area (Å²) in [6.07, 6.45) is 2.17. The highest BCUT2D eigenvalue weighted by atomic mass is 19.1. The van der Waals surface area contributed by atoms with E-state index >= 15 is 0 Å². The van der Waals surface area contributed by atoms with Crippen LogP contribution in [0.25, 0.3) is 0 Å². The van der Waals surface area contributed by atoms with Crippen LogP contribution < -0.4 is 4.74 Å². The van der Waals surface area contributed by atoms with Crippen LogP contribution in [-0.4, -0.2) is 24.6 Å². The number of hydrogen-bond donors (Lipinski definition) is 0. The van der Waals surface area contributed by atoms with Gasteiger partial charge in [0.25, 0.3) is 0 Å². The largest absolute Gasteiger partial charge is 0.493 e. The smallest absolute Gasteiger partial charge is 0.129 e. The molecule has 1 aliphatic heterocycles. The average Bonchev–Trinajstić information content (AvgIpc) is 2.25. The van der Waals surface area contributed by atoms with Crippen molar-refractivity contribution in [1.29, 1.82) is 0 Å². The molecular formula is C13H16F2NO-. The number of rotatable bonds is 3. The number of piperidine rings is 1. The monoisotopic (exact) mass is 240 g/mol. The van der Waals surface area contributed by atoms with Gasteiger partial charge in [-0.1, -0.05) is 0 Å². The van der Waals surface area contributed by atoms with Gasteiger partial charge < -0.3 is 9.64 Å². The molecular weight excluding hydrogens is 224 g/mol. The Bertz CT molecular complexity index is 363. The van der Waals surface area contributed by atoms with Crippen LogP contribution >= 0.6 is 0 Å². The minimum Gasteiger partial charge on any atom is -0.493 e. The number of nitrogens with zero attached hydrogens (tertiary/aromatic N) is 1. The summed E-state index contributed by atoms with van der Waals surface area (Å²) in [6, 6.07) is 3.24. The second-order valence-corrected chi connectivity index (χ2v) is 4.50. The lowest BCUT2D eigenvalue weighted by Crippen LogP contribution is -2.33. The van der Waals surface area contributed by atoms with Gasteiger partial charge in [0.2, 0.25) is 0 Å². The van der Waals surface area contributed by atoms with Gasteiger partial charge in [-0.25, -0.2) is 8.78 Å². The van der Waals surface area contributed by atoms with Crippen molar-refractivity contribution < 1.29 is 13.5 Å². The van der Waals surface area contributed by atoms with Crippen LogP contribution in [0.1, 0.15) is 12.8 Å². The Labute approximate surface area is 100 Å². The number of hydrogen-bond acceptors (Lipinski definition) is 2. The highest BCUT2D eigenvalue weighted by Gasteiger charge is 2.15. The maximum absolute atomic E-state index is 12.9. The first-order chi connectivity index (χ1) is 8.13. The lowest BCUT2D eigenvalue weighted by Gasteiger charge is -2.35. The van der Waals surface area contributed by atoms with Crippen molar-refractivity contribution in [3.05, 3.63) is 36.9 Å². The Kier molecular flexibility index (Phi) is 3.94. The molecule has 1 fully saturated rings. The van der Waals surface area contributed by atoms with Crippen molar-refractivity contribution in [3.8, 4) is 5.75 Å². The van der Waals surface area contributed by atoms with Crippen LogP contribution in [0.2, 0.25) is 0 Å². The highest BCUT2D eigenvalue weighted by molar-refractivity contribution is 5.23. The van der Waals surface area contributed by atoms with E-state index in [2.05, 4.69) is 7.05 Å². The van der Waals surface area contributed by atoms with E-state index in [1.54, 1.807) is 0 Å². The molecule has 2 nitrogen and oxygen atoms in total. The van der Waals surface area contributed by atoms with Gasteiger partial charge >= 0.3 is 0 Å². The lowest BCUT2D eigenvalue weighted by atomic mass is 10.00. The van der Waals surface area contributed by atoms with E-state index in [0.717, 1.165) is 32.0 Å². The molecule has 0 amide bonds. The second-order valence-electron chi connectivity index (χ2n) is 4.50. The normalized spacial score (nSPS) is 21.5. The van der Waals surface area contributed by atoms with Crippen LogP contribution in [0.3, 0.4) is 0 Å². The van der Waals surface area contributed by atoms with Crippen LogP contribution in [0.5, 0.6) is 5.75 Å². The van der Waals surface area contributed by atoms with E-state index in [1.807, 2.05) is 4.90 Å². The standard InChI is InChI=1S/C13H16F2NO/c1-16-4-2-3-10(8-16)9-17-13-6-11(14)5-12(15)7-13/h5-7,10H,1-4,8-9H2/q-1. The minimum absolute atomic E-state index is 0.253. The number of ether oxygens (including phenoxy) is 1. The van der Waals surface area contributed by atoms with E-state index in [0.29, 0.717) is 12.5 Å². The fourth-order valence-electron chi connectivity index (χ4n) is 2.11. The molecule has 1 atom stereocenters. The first kappa shape index (κ1) is 12.3. The molecule has 0 radical (unpaired) electrons. The number of likely N-dealkylation sites (tertiary alicyclic amines) is 1. The molecule has 1 saturated heterocycles. The van der Waals surface area contributed by atoms with E-state index in [1.165, 1.54) is 12.1 Å². The third-order valence-electron chi connectivity index (χ3n) is 2.92. The van der Waals surface area contributed by atoms with Crippen LogP contribution in [0.15, 0.2) is 18.2 Å². The molecule has 0 aromatic heterocycles. The maximum Gasteiger partial charge on any atom is 0.129 e. The van der Waals surface area contributed by atoms with Gasteiger partial charge in [0.15, 0.2) is 0 Å². The fourth-order valence-corrected chi connectivity index (χ4v) is 2.11. The van der Waals surface area contributed by atoms with Crippen LogP contribution in [0, 0.1) is 24.6 Å². The number of benzene rings is 1. The van der Waals surface area contributed by atoms with Gasteiger partial charge in [-0.15, -0.1) is 0 Å². The molecule has 17 heavy (non-hydrogen) atoms. The molecule has 94 valence electrons. The van der Waals surface area contributed by atoms with E-state index in [-0.39, 0.29) is 5.75 Å². The van der Waals surface area contributed by atoms with Crippen molar-refractivity contribution >= 4 is 0 Å². The zero-order chi connectivity index (χ0) is 12.3. The van der Waals surface area contributed by atoms with Crippen LogP contribution in [-0.2, 0) is 0 Å². The topological polar surface area (TPSA) is 12.5 Å². The van der Waals surface area contributed by atoms with Gasteiger partial charge in [0, 0.05) is 24.1 Å². The highest BCUT2D eigenvalue weighted by Crippen LogP contribution is 2.19. The molecule has 4 heteroatoms. The summed E-state index contributed by atoms with van der Waals surface area (Å²) >= 11 is 0. The molecule has 1 aromatic rings. The van der Waals surface area contributed by atoms with Gasteiger partial charge in [-0.2, -0.15) is 0 Å². The van der Waals surface area contributed by atoms with Crippen molar-refractivity contribution in [2.24, 2.45) is 5.92 Å². The van der Waals surface area contributed by atoms with E-state index in [4.69, 9.17) is 4.74 Å². The minimum atomic E-state index is -0.609. The van der Waals surface area contributed by atoms with Gasteiger partial charge in [-0.3, -0.25) is 7.05 Å². The zero-order valence-electron chi connectivity index (χ0n) is 9.66. The summed E-state index contributed by atoms with van der Waals surface area (Å²) < 4.78 is 31.3. The first-order valence-corrected chi connectivity index (χ1v) is 5.78. The summed E-state index contributed by atoms with van der Waals surface area (Å²) in [7, 11) is 3.89. The Hall–Kier alpha value is -1.16. The maximum atomic E-state index is 12.9. The van der Waals surface area contributed by atoms with Gasteiger partial charge in [-0.05, 0) is 25.9 Å². The quantitative estimate of drug-likeness (QED) is 0.753. The molecule has 2 rings (SSSR count). The molecule has 1 heterocycles. The summed E-state index contributed by atoms with van der Waals surface area (Å²) in [5.41, 5.74) is 0. The molecule has 0 N–H and O–H groups in total. The zero-order valence-corrected chi connectivity index (χ0v) is 9.66. The molecule has 0 aliphatic carbocycles. The molecule has 0 saturated carbocycles. The predicted octanol–water partition coefficient (Wildman–Crippen LogP) is 2.85. The Balaban J connectivity index is 1.88. The Morgan fingerprint density at radius 1 is 1.29 bits per heavy atom. The first-order valence-electron chi connectivity index (χ1n) is 5.78. The molecule has 0 spiro atoms. The molecule has 1 aromatic carbocycles.